The summed E-state index contributed by atoms with van der Waals surface area (Å²) in [7, 11) is 0. The molecule has 1 fully saturated rings. The molecule has 1 aromatic carbocycles. The first kappa shape index (κ1) is 22.4. The molecule has 0 radical (unpaired) electrons. The summed E-state index contributed by atoms with van der Waals surface area (Å²) >= 11 is 1.60. The molecule has 2 amide bonds. The highest BCUT2D eigenvalue weighted by Gasteiger charge is 2.42. The number of hydrogen-bond acceptors (Lipinski definition) is 6. The van der Waals surface area contributed by atoms with Gasteiger partial charge < -0.3 is 21.1 Å². The van der Waals surface area contributed by atoms with E-state index >= 15 is 0 Å². The van der Waals surface area contributed by atoms with Gasteiger partial charge in [-0.25, -0.2) is 4.98 Å². The van der Waals surface area contributed by atoms with Crippen LogP contribution >= 0.6 is 11.3 Å². The van der Waals surface area contributed by atoms with Crippen LogP contribution in [-0.4, -0.2) is 51.5 Å². The summed E-state index contributed by atoms with van der Waals surface area (Å²) in [6, 6.07) is 6.52. The van der Waals surface area contributed by atoms with Gasteiger partial charge in [0.25, 0.3) is 0 Å². The number of β-amino-alcohol motifs (C(OH)–C–C–N with tert-alkyl or cyclic N) is 1. The van der Waals surface area contributed by atoms with Gasteiger partial charge in [-0.2, -0.15) is 0 Å². The molecule has 0 spiro atoms. The summed E-state index contributed by atoms with van der Waals surface area (Å²) in [4.78, 5) is 32.4. The number of carbonyl (C=O) groups excluding carboxylic acids is 2. The number of amides is 2. The third-order valence-corrected chi connectivity index (χ3v) is 6.47. The maximum Gasteiger partial charge on any atom is 0.243 e. The number of nitrogens with zero attached hydrogens (tertiary/aromatic N) is 2. The minimum absolute atomic E-state index is 0.129. The number of benzene rings is 1. The van der Waals surface area contributed by atoms with Gasteiger partial charge in [-0.15, -0.1) is 11.3 Å². The Labute approximate surface area is 181 Å². The van der Waals surface area contributed by atoms with Crippen LogP contribution in [-0.2, 0) is 16.1 Å². The molecule has 1 aliphatic rings. The Bertz CT molecular complexity index is 904. The first-order valence-electron chi connectivity index (χ1n) is 10.1. The zero-order valence-electron chi connectivity index (χ0n) is 17.9. The Balaban J connectivity index is 1.63. The van der Waals surface area contributed by atoms with E-state index in [1.165, 1.54) is 4.90 Å². The van der Waals surface area contributed by atoms with Crippen molar-refractivity contribution in [2.24, 2.45) is 11.1 Å². The van der Waals surface area contributed by atoms with Crippen molar-refractivity contribution in [2.75, 3.05) is 6.54 Å². The Kier molecular flexibility index (Phi) is 6.59. The van der Waals surface area contributed by atoms with Crippen molar-refractivity contribution in [3.05, 3.63) is 41.0 Å². The van der Waals surface area contributed by atoms with Crippen molar-refractivity contribution in [2.45, 2.75) is 58.8 Å². The molecule has 3 atom stereocenters. The van der Waals surface area contributed by atoms with Crippen molar-refractivity contribution in [1.29, 1.82) is 0 Å². The number of nitrogens with two attached hydrogens (primary N) is 1. The molecule has 30 heavy (non-hydrogen) atoms. The van der Waals surface area contributed by atoms with Crippen LogP contribution in [0.5, 0.6) is 0 Å². The number of rotatable bonds is 5. The predicted molar refractivity (Wildman–Crippen MR) is 118 cm³/mol. The van der Waals surface area contributed by atoms with Gasteiger partial charge in [-0.3, -0.25) is 9.59 Å². The molecule has 1 saturated heterocycles. The van der Waals surface area contributed by atoms with E-state index in [-0.39, 0.29) is 24.8 Å². The quantitative estimate of drug-likeness (QED) is 0.673. The summed E-state index contributed by atoms with van der Waals surface area (Å²) in [6.45, 7) is 8.11. The average Bonchev–Trinajstić information content (AvgIpc) is 3.30. The van der Waals surface area contributed by atoms with E-state index in [9.17, 15) is 14.7 Å². The zero-order valence-corrected chi connectivity index (χ0v) is 18.7. The van der Waals surface area contributed by atoms with Gasteiger partial charge in [-0.05, 0) is 23.5 Å². The van der Waals surface area contributed by atoms with Crippen molar-refractivity contribution in [1.82, 2.24) is 15.2 Å². The Morgan fingerprint density at radius 2 is 2.00 bits per heavy atom. The molecule has 0 saturated carbocycles. The normalized spacial score (nSPS) is 20.3. The largest absolute Gasteiger partial charge is 0.391 e. The molecule has 0 bridgehead atoms. The monoisotopic (exact) mass is 430 g/mol. The van der Waals surface area contributed by atoms with E-state index in [1.54, 1.807) is 11.3 Å². The minimum atomic E-state index is -0.735. The van der Waals surface area contributed by atoms with Crippen LogP contribution in [0, 0.1) is 12.3 Å². The highest BCUT2D eigenvalue weighted by Crippen LogP contribution is 2.27. The first-order valence-corrected chi connectivity index (χ1v) is 11.0. The molecule has 1 aliphatic heterocycles. The fourth-order valence-electron chi connectivity index (χ4n) is 3.51. The van der Waals surface area contributed by atoms with Crippen LogP contribution in [0.1, 0.15) is 38.4 Å². The molecule has 2 aromatic rings. The summed E-state index contributed by atoms with van der Waals surface area (Å²) in [5, 5.41) is 13.0. The number of thiazole rings is 1. The molecule has 2 heterocycles. The van der Waals surface area contributed by atoms with Crippen LogP contribution in [0.15, 0.2) is 29.8 Å². The van der Waals surface area contributed by atoms with Gasteiger partial charge in [0.1, 0.15) is 6.04 Å². The molecule has 2 unspecified atom stereocenters. The molecule has 7 nitrogen and oxygen atoms in total. The molecule has 162 valence electrons. The van der Waals surface area contributed by atoms with E-state index in [2.05, 4.69) is 10.3 Å². The molecule has 4 N–H and O–H groups in total. The van der Waals surface area contributed by atoms with Gasteiger partial charge >= 0.3 is 0 Å². The van der Waals surface area contributed by atoms with Crippen LogP contribution in [0.2, 0.25) is 0 Å². The lowest BCUT2D eigenvalue weighted by atomic mass is 9.86. The smallest absolute Gasteiger partial charge is 0.243 e. The Morgan fingerprint density at radius 3 is 2.57 bits per heavy atom. The Morgan fingerprint density at radius 1 is 1.33 bits per heavy atom. The first-order chi connectivity index (χ1) is 14.1. The SMILES string of the molecule is Cc1ncsc1-c1ccc(CNC(=O)C2C[C@@H](O)CN2C(=O)C(N)C(C)(C)C)cc1. The van der Waals surface area contributed by atoms with Crippen molar-refractivity contribution in [3.63, 3.8) is 0 Å². The summed E-state index contributed by atoms with van der Waals surface area (Å²) in [5.74, 6) is -0.577. The molecular weight excluding hydrogens is 400 g/mol. The van der Waals surface area contributed by atoms with Gasteiger partial charge in [0.05, 0.1) is 28.2 Å². The third kappa shape index (κ3) is 4.88. The number of likely N-dealkylation sites (tertiary alicyclic amines) is 1. The molecule has 1 aromatic heterocycles. The van der Waals surface area contributed by atoms with E-state index in [0.29, 0.717) is 6.54 Å². The standard InChI is InChI=1S/C22H30N4O3S/c1-13-18(30-12-25-13)15-7-5-14(6-8-15)10-24-20(28)17-9-16(27)11-26(17)21(29)19(23)22(2,3)4/h5-8,12,16-17,19,27H,9-11,23H2,1-4H3,(H,24,28)/t16-,17?,19?/m1/s1. The third-order valence-electron chi connectivity index (χ3n) is 5.49. The number of carbonyl (C=O) groups is 2. The van der Waals surface area contributed by atoms with Gasteiger partial charge in [0, 0.05) is 19.5 Å². The molecule has 3 rings (SSSR count). The van der Waals surface area contributed by atoms with Crippen molar-refractivity contribution in [3.8, 4) is 10.4 Å². The van der Waals surface area contributed by atoms with Crippen molar-refractivity contribution < 1.29 is 14.7 Å². The summed E-state index contributed by atoms with van der Waals surface area (Å²) in [5.41, 5.74) is 10.6. The zero-order chi connectivity index (χ0) is 22.1. The van der Waals surface area contributed by atoms with E-state index in [0.717, 1.165) is 21.7 Å². The predicted octanol–water partition coefficient (Wildman–Crippen LogP) is 2.07. The second-order valence-corrected chi connectivity index (χ2v) is 9.78. The number of aliphatic hydroxyl groups excluding tert-OH is 1. The number of aryl methyl sites for hydroxylation is 1. The minimum Gasteiger partial charge on any atom is -0.391 e. The number of aromatic nitrogens is 1. The average molecular weight is 431 g/mol. The lowest BCUT2D eigenvalue weighted by Gasteiger charge is -2.32. The van der Waals surface area contributed by atoms with Gasteiger partial charge in [0.2, 0.25) is 11.8 Å². The summed E-state index contributed by atoms with van der Waals surface area (Å²) in [6.07, 6.45) is -0.503. The Hall–Kier alpha value is -2.29. The lowest BCUT2D eigenvalue weighted by Crippen LogP contribution is -2.54. The van der Waals surface area contributed by atoms with E-state index < -0.39 is 23.6 Å². The highest BCUT2D eigenvalue weighted by atomic mass is 32.1. The van der Waals surface area contributed by atoms with Crippen LogP contribution in [0.4, 0.5) is 0 Å². The molecular formula is C22H30N4O3S. The molecule has 0 aliphatic carbocycles. The van der Waals surface area contributed by atoms with Gasteiger partial charge in [0.15, 0.2) is 0 Å². The topological polar surface area (TPSA) is 109 Å². The second kappa shape index (κ2) is 8.83. The summed E-state index contributed by atoms with van der Waals surface area (Å²) < 4.78 is 0. The van der Waals surface area contributed by atoms with E-state index in [1.807, 2.05) is 57.5 Å². The van der Waals surface area contributed by atoms with Crippen LogP contribution < -0.4 is 11.1 Å². The fraction of sp³-hybridized carbons (Fsp3) is 0.500. The number of nitrogens with one attached hydrogen (secondary N) is 1. The maximum absolute atomic E-state index is 12.8. The fourth-order valence-corrected chi connectivity index (χ4v) is 4.33. The highest BCUT2D eigenvalue weighted by molar-refractivity contribution is 7.13. The van der Waals surface area contributed by atoms with Crippen molar-refractivity contribution >= 4 is 23.2 Å². The number of hydrogen-bond donors (Lipinski definition) is 3. The second-order valence-electron chi connectivity index (χ2n) is 8.92. The van der Waals surface area contributed by atoms with Gasteiger partial charge in [-0.1, -0.05) is 45.0 Å². The maximum atomic E-state index is 12.8. The number of aliphatic hydroxyl groups is 1. The molecule has 8 heteroatoms. The van der Waals surface area contributed by atoms with E-state index in [4.69, 9.17) is 5.73 Å². The van der Waals surface area contributed by atoms with Crippen LogP contribution in [0.25, 0.3) is 10.4 Å². The lowest BCUT2D eigenvalue weighted by molar-refractivity contribution is -0.141. The van der Waals surface area contributed by atoms with Crippen LogP contribution in [0.3, 0.4) is 0 Å².